The minimum atomic E-state index is -0.449. The van der Waals surface area contributed by atoms with Gasteiger partial charge in [-0.2, -0.15) is 15.1 Å². The summed E-state index contributed by atoms with van der Waals surface area (Å²) in [4.78, 5) is 11.8. The summed E-state index contributed by atoms with van der Waals surface area (Å²) in [5.41, 5.74) is 3.23. The van der Waals surface area contributed by atoms with Crippen molar-refractivity contribution in [1.29, 1.82) is 0 Å². The van der Waals surface area contributed by atoms with Crippen molar-refractivity contribution in [2.24, 2.45) is 0 Å². The molecule has 0 spiro atoms. The van der Waals surface area contributed by atoms with Gasteiger partial charge in [-0.1, -0.05) is 13.0 Å². The average Bonchev–Trinajstić information content (AvgIpc) is 3.30. The van der Waals surface area contributed by atoms with E-state index in [4.69, 9.17) is 4.74 Å². The molecule has 3 aromatic heterocycles. The van der Waals surface area contributed by atoms with Crippen molar-refractivity contribution in [3.05, 3.63) is 59.3 Å². The number of ether oxygens (including phenoxy) is 1. The number of nitrogens with zero attached hydrogens (tertiary/aromatic N) is 3. The topological polar surface area (TPSA) is 91.5 Å². The van der Waals surface area contributed by atoms with Gasteiger partial charge in [0.25, 0.3) is 0 Å². The predicted octanol–water partition coefficient (Wildman–Crippen LogP) is 5.26. The van der Waals surface area contributed by atoms with E-state index >= 15 is 0 Å². The second-order valence-corrected chi connectivity index (χ2v) is 6.61. The van der Waals surface area contributed by atoms with E-state index in [2.05, 4.69) is 30.5 Å². The SMILES string of the molecule is C/C=C/c1cc(Nc2cc(CC)nc(Oc3ccc4[nH]c(C)cc4c3F)n2)n[nH]1. The van der Waals surface area contributed by atoms with Crippen molar-refractivity contribution in [3.8, 4) is 11.8 Å². The largest absolute Gasteiger partial charge is 0.421 e. The molecule has 4 aromatic rings. The Bertz CT molecular complexity index is 1190. The highest BCUT2D eigenvalue weighted by Gasteiger charge is 2.14. The quantitative estimate of drug-likeness (QED) is 0.416. The molecule has 4 rings (SSSR count). The molecule has 0 saturated heterocycles. The molecular weight excluding hydrogens is 371 g/mol. The van der Waals surface area contributed by atoms with E-state index in [0.29, 0.717) is 29.0 Å². The van der Waals surface area contributed by atoms with Crippen molar-refractivity contribution in [2.75, 3.05) is 5.32 Å². The number of hydrogen-bond donors (Lipinski definition) is 3. The summed E-state index contributed by atoms with van der Waals surface area (Å²) in [5, 5.41) is 10.7. The lowest BCUT2D eigenvalue weighted by atomic mass is 10.2. The minimum Gasteiger partial charge on any atom is -0.421 e. The summed E-state index contributed by atoms with van der Waals surface area (Å²) < 4.78 is 20.5. The van der Waals surface area contributed by atoms with E-state index < -0.39 is 5.82 Å². The molecule has 0 saturated carbocycles. The van der Waals surface area contributed by atoms with E-state index in [1.54, 1.807) is 18.2 Å². The number of fused-ring (bicyclic) bond motifs is 1. The highest BCUT2D eigenvalue weighted by molar-refractivity contribution is 5.82. The molecule has 29 heavy (non-hydrogen) atoms. The van der Waals surface area contributed by atoms with Gasteiger partial charge in [0.05, 0.1) is 5.69 Å². The number of nitrogens with one attached hydrogen (secondary N) is 3. The smallest absolute Gasteiger partial charge is 0.324 e. The van der Waals surface area contributed by atoms with Crippen LogP contribution in [-0.4, -0.2) is 25.1 Å². The Morgan fingerprint density at radius 3 is 2.83 bits per heavy atom. The molecule has 1 aromatic carbocycles. The summed E-state index contributed by atoms with van der Waals surface area (Å²) >= 11 is 0. The third-order valence-corrected chi connectivity index (χ3v) is 4.36. The van der Waals surface area contributed by atoms with E-state index in [9.17, 15) is 4.39 Å². The molecular formula is C21H21FN6O. The van der Waals surface area contributed by atoms with Gasteiger partial charge in [0.2, 0.25) is 0 Å². The third-order valence-electron chi connectivity index (χ3n) is 4.36. The summed E-state index contributed by atoms with van der Waals surface area (Å²) in [6.45, 7) is 5.78. The molecule has 148 valence electrons. The lowest BCUT2D eigenvalue weighted by Crippen LogP contribution is -2.02. The fourth-order valence-electron chi connectivity index (χ4n) is 3.03. The van der Waals surface area contributed by atoms with E-state index in [-0.39, 0.29) is 11.8 Å². The lowest BCUT2D eigenvalue weighted by Gasteiger charge is -2.09. The zero-order chi connectivity index (χ0) is 20.4. The zero-order valence-electron chi connectivity index (χ0n) is 16.4. The first-order valence-electron chi connectivity index (χ1n) is 9.34. The van der Waals surface area contributed by atoms with Crippen molar-refractivity contribution >= 4 is 28.6 Å². The van der Waals surface area contributed by atoms with Crippen LogP contribution < -0.4 is 10.1 Å². The second kappa shape index (κ2) is 7.75. The molecule has 0 unspecified atom stereocenters. The molecule has 0 aliphatic heterocycles. The standard InChI is InChI=1S/C21H21FN6O/c1-4-6-14-11-19(28-27-14)25-18-10-13(5-2)24-21(26-18)29-17-8-7-16-15(20(17)22)9-12(3)23-16/h4,6-11,23H,5H2,1-3H3,(H2,24,25,26,27,28)/b6-4+. The fraction of sp³-hybridized carbons (Fsp3) is 0.190. The van der Waals surface area contributed by atoms with Gasteiger partial charge >= 0.3 is 6.01 Å². The molecule has 0 amide bonds. The molecule has 0 atom stereocenters. The van der Waals surface area contributed by atoms with E-state index in [1.807, 2.05) is 45.1 Å². The maximum atomic E-state index is 14.8. The fourth-order valence-corrected chi connectivity index (χ4v) is 3.03. The number of halogens is 1. The number of aromatic nitrogens is 5. The number of allylic oxidation sites excluding steroid dienone is 1. The van der Waals surface area contributed by atoms with Crippen LogP contribution in [0.1, 0.15) is 30.9 Å². The minimum absolute atomic E-state index is 0.0709. The Labute approximate surface area is 167 Å². The van der Waals surface area contributed by atoms with Crippen LogP contribution in [0, 0.1) is 12.7 Å². The number of hydrogen-bond acceptors (Lipinski definition) is 5. The number of H-pyrrole nitrogens is 2. The van der Waals surface area contributed by atoms with Crippen LogP contribution in [0.4, 0.5) is 16.0 Å². The van der Waals surface area contributed by atoms with Crippen LogP contribution in [0.2, 0.25) is 0 Å². The first-order chi connectivity index (χ1) is 14.1. The van der Waals surface area contributed by atoms with Gasteiger partial charge in [-0.3, -0.25) is 5.10 Å². The molecule has 0 fully saturated rings. The van der Waals surface area contributed by atoms with Crippen LogP contribution in [-0.2, 0) is 6.42 Å². The van der Waals surface area contributed by atoms with Gasteiger partial charge < -0.3 is 15.0 Å². The number of anilines is 2. The van der Waals surface area contributed by atoms with E-state index in [0.717, 1.165) is 17.1 Å². The van der Waals surface area contributed by atoms with Gasteiger partial charge in [-0.15, -0.1) is 0 Å². The predicted molar refractivity (Wildman–Crippen MR) is 111 cm³/mol. The lowest BCUT2D eigenvalue weighted by molar-refractivity contribution is 0.413. The highest BCUT2D eigenvalue weighted by atomic mass is 19.1. The molecule has 3 heterocycles. The normalized spacial score (nSPS) is 11.4. The average molecular weight is 392 g/mol. The summed E-state index contributed by atoms with van der Waals surface area (Å²) in [6.07, 6.45) is 4.50. The number of rotatable bonds is 6. The van der Waals surface area contributed by atoms with Crippen molar-refractivity contribution in [1.82, 2.24) is 25.1 Å². The van der Waals surface area contributed by atoms with Gasteiger partial charge in [0.1, 0.15) is 5.82 Å². The molecule has 3 N–H and O–H groups in total. The first kappa shape index (κ1) is 18.7. The number of aromatic amines is 2. The number of benzene rings is 1. The van der Waals surface area contributed by atoms with Gasteiger partial charge in [-0.25, -0.2) is 4.39 Å². The molecule has 0 bridgehead atoms. The molecule has 0 aliphatic carbocycles. The monoisotopic (exact) mass is 392 g/mol. The highest BCUT2D eigenvalue weighted by Crippen LogP contribution is 2.30. The van der Waals surface area contributed by atoms with Crippen LogP contribution in [0.25, 0.3) is 17.0 Å². The van der Waals surface area contributed by atoms with E-state index in [1.165, 1.54) is 0 Å². The summed E-state index contributed by atoms with van der Waals surface area (Å²) in [7, 11) is 0. The van der Waals surface area contributed by atoms with Crippen LogP contribution in [0.3, 0.4) is 0 Å². The first-order valence-corrected chi connectivity index (χ1v) is 9.34. The molecule has 8 heteroatoms. The maximum Gasteiger partial charge on any atom is 0.324 e. The van der Waals surface area contributed by atoms with Crippen molar-refractivity contribution in [2.45, 2.75) is 27.2 Å². The van der Waals surface area contributed by atoms with Gasteiger partial charge in [0, 0.05) is 34.4 Å². The summed E-state index contributed by atoms with van der Waals surface area (Å²) in [6, 6.07) is 8.83. The Balaban J connectivity index is 1.63. The Morgan fingerprint density at radius 2 is 2.03 bits per heavy atom. The maximum absolute atomic E-state index is 14.8. The Morgan fingerprint density at radius 1 is 1.17 bits per heavy atom. The molecule has 7 nitrogen and oxygen atoms in total. The zero-order valence-corrected chi connectivity index (χ0v) is 16.4. The van der Waals surface area contributed by atoms with Crippen molar-refractivity contribution < 1.29 is 9.13 Å². The molecule has 0 radical (unpaired) electrons. The van der Waals surface area contributed by atoms with Gasteiger partial charge in [-0.05, 0) is 44.5 Å². The third kappa shape index (κ3) is 3.96. The van der Waals surface area contributed by atoms with Crippen molar-refractivity contribution in [3.63, 3.8) is 0 Å². The Hall–Kier alpha value is -3.68. The van der Waals surface area contributed by atoms with Crippen LogP contribution in [0.15, 0.2) is 36.4 Å². The second-order valence-electron chi connectivity index (χ2n) is 6.61. The Kier molecular flexibility index (Phi) is 4.99. The van der Waals surface area contributed by atoms with Crippen LogP contribution >= 0.6 is 0 Å². The molecule has 0 aliphatic rings. The number of aryl methyl sites for hydroxylation is 2. The summed E-state index contributed by atoms with van der Waals surface area (Å²) in [5.74, 6) is 0.755. The van der Waals surface area contributed by atoms with Gasteiger partial charge in [0.15, 0.2) is 17.4 Å². The van der Waals surface area contributed by atoms with Crippen LogP contribution in [0.5, 0.6) is 11.8 Å².